The van der Waals surface area contributed by atoms with Gasteiger partial charge in [0.1, 0.15) is 11.5 Å². The standard InChI is InChI=1S/C20H23F2N3O4.HI/c1-23-20(24-8-7-13-3-5-15(26-2)6-4-13)25-11-14-9-17-18(28-12-27-17)10-16(14)29-19(21)22;/h3-6,9-10,19H,7-8,11-12H2,1-2H3,(H2,23,24,25);1H. The minimum atomic E-state index is -2.93. The summed E-state index contributed by atoms with van der Waals surface area (Å²) in [7, 11) is 3.27. The van der Waals surface area contributed by atoms with Crippen molar-refractivity contribution >= 4 is 29.9 Å². The van der Waals surface area contributed by atoms with Crippen LogP contribution in [-0.2, 0) is 13.0 Å². The molecule has 0 saturated heterocycles. The van der Waals surface area contributed by atoms with E-state index in [0.717, 1.165) is 17.7 Å². The number of ether oxygens (including phenoxy) is 4. The lowest BCUT2D eigenvalue weighted by Gasteiger charge is -2.15. The number of hydrogen-bond acceptors (Lipinski definition) is 5. The second kappa shape index (κ2) is 11.6. The largest absolute Gasteiger partial charge is 0.497 e. The maximum Gasteiger partial charge on any atom is 0.387 e. The SMILES string of the molecule is CN=C(NCCc1ccc(OC)cc1)NCc1cc2c(cc1OC(F)F)OCO2.I. The highest BCUT2D eigenvalue weighted by Crippen LogP contribution is 2.38. The smallest absolute Gasteiger partial charge is 0.387 e. The monoisotopic (exact) mass is 535 g/mol. The van der Waals surface area contributed by atoms with Gasteiger partial charge in [0.25, 0.3) is 0 Å². The molecule has 0 fully saturated rings. The van der Waals surface area contributed by atoms with E-state index in [0.29, 0.717) is 29.6 Å². The first-order valence-corrected chi connectivity index (χ1v) is 9.04. The van der Waals surface area contributed by atoms with Gasteiger partial charge >= 0.3 is 6.61 Å². The van der Waals surface area contributed by atoms with E-state index in [1.165, 1.54) is 6.07 Å². The van der Waals surface area contributed by atoms with E-state index in [9.17, 15) is 8.78 Å². The Morgan fingerprint density at radius 3 is 2.47 bits per heavy atom. The molecule has 0 amide bonds. The Morgan fingerprint density at radius 2 is 1.83 bits per heavy atom. The highest BCUT2D eigenvalue weighted by Gasteiger charge is 2.20. The van der Waals surface area contributed by atoms with Gasteiger partial charge in [0.15, 0.2) is 17.5 Å². The normalized spacial score (nSPS) is 12.4. The lowest BCUT2D eigenvalue weighted by Crippen LogP contribution is -2.38. The van der Waals surface area contributed by atoms with Crippen LogP contribution in [0.15, 0.2) is 41.4 Å². The molecule has 164 valence electrons. The van der Waals surface area contributed by atoms with Gasteiger partial charge in [-0.2, -0.15) is 8.78 Å². The van der Waals surface area contributed by atoms with Crippen molar-refractivity contribution in [3.63, 3.8) is 0 Å². The molecular formula is C20H24F2IN3O4. The van der Waals surface area contributed by atoms with Gasteiger partial charge in [-0.3, -0.25) is 4.99 Å². The number of aliphatic imine (C=N–C) groups is 1. The van der Waals surface area contributed by atoms with Crippen LogP contribution in [0.1, 0.15) is 11.1 Å². The quantitative estimate of drug-likeness (QED) is 0.306. The fourth-order valence-corrected chi connectivity index (χ4v) is 2.83. The number of hydrogen-bond donors (Lipinski definition) is 2. The van der Waals surface area contributed by atoms with Gasteiger partial charge in [0.2, 0.25) is 6.79 Å². The molecule has 0 aromatic heterocycles. The van der Waals surface area contributed by atoms with Crippen molar-refractivity contribution in [2.45, 2.75) is 19.6 Å². The zero-order valence-electron chi connectivity index (χ0n) is 16.6. The van der Waals surface area contributed by atoms with Gasteiger partial charge in [-0.25, -0.2) is 0 Å². The molecule has 7 nitrogen and oxygen atoms in total. The van der Waals surface area contributed by atoms with Gasteiger partial charge in [0, 0.05) is 31.8 Å². The maximum atomic E-state index is 12.7. The highest BCUT2D eigenvalue weighted by atomic mass is 127. The number of nitrogens with zero attached hydrogens (tertiary/aromatic N) is 1. The zero-order chi connectivity index (χ0) is 20.6. The van der Waals surface area contributed by atoms with Gasteiger partial charge < -0.3 is 29.6 Å². The molecule has 0 saturated carbocycles. The molecule has 0 bridgehead atoms. The minimum Gasteiger partial charge on any atom is -0.497 e. The predicted molar refractivity (Wildman–Crippen MR) is 120 cm³/mol. The number of methoxy groups -OCH3 is 1. The predicted octanol–water partition coefficient (Wildman–Crippen LogP) is 3.55. The van der Waals surface area contributed by atoms with Gasteiger partial charge in [-0.15, -0.1) is 24.0 Å². The summed E-state index contributed by atoms with van der Waals surface area (Å²) in [5.41, 5.74) is 1.66. The third kappa shape index (κ3) is 6.51. The average Bonchev–Trinajstić information content (AvgIpc) is 3.17. The lowest BCUT2D eigenvalue weighted by molar-refractivity contribution is -0.0505. The number of nitrogens with one attached hydrogen (secondary N) is 2. The molecule has 30 heavy (non-hydrogen) atoms. The molecule has 2 aromatic carbocycles. The highest BCUT2D eigenvalue weighted by molar-refractivity contribution is 14.0. The van der Waals surface area contributed by atoms with E-state index in [4.69, 9.17) is 14.2 Å². The third-order valence-electron chi connectivity index (χ3n) is 4.31. The third-order valence-corrected chi connectivity index (χ3v) is 4.31. The molecule has 1 aliphatic rings. The van der Waals surface area contributed by atoms with Gasteiger partial charge in [0.05, 0.1) is 7.11 Å². The Balaban J connectivity index is 0.00000320. The molecule has 10 heteroatoms. The van der Waals surface area contributed by atoms with Crippen LogP contribution in [0.3, 0.4) is 0 Å². The van der Waals surface area contributed by atoms with Crippen LogP contribution < -0.4 is 29.6 Å². The van der Waals surface area contributed by atoms with E-state index < -0.39 is 6.61 Å². The molecular weight excluding hydrogens is 511 g/mol. The Bertz CT molecular complexity index is 851. The van der Waals surface area contributed by atoms with E-state index in [1.54, 1.807) is 20.2 Å². The van der Waals surface area contributed by atoms with Crippen LogP contribution in [0.2, 0.25) is 0 Å². The van der Waals surface area contributed by atoms with Crippen molar-refractivity contribution in [1.29, 1.82) is 0 Å². The van der Waals surface area contributed by atoms with Gasteiger partial charge in [-0.1, -0.05) is 12.1 Å². The molecule has 0 unspecified atom stereocenters. The first-order valence-electron chi connectivity index (χ1n) is 9.04. The molecule has 0 aliphatic carbocycles. The summed E-state index contributed by atoms with van der Waals surface area (Å²) in [5, 5.41) is 6.28. The van der Waals surface area contributed by atoms with E-state index in [1.807, 2.05) is 24.3 Å². The Kier molecular flexibility index (Phi) is 9.21. The average molecular weight is 535 g/mol. The first kappa shape index (κ1) is 23.8. The van der Waals surface area contributed by atoms with Crippen molar-refractivity contribution in [2.24, 2.45) is 4.99 Å². The van der Waals surface area contributed by atoms with Crippen molar-refractivity contribution in [2.75, 3.05) is 27.5 Å². The minimum absolute atomic E-state index is 0. The molecule has 2 N–H and O–H groups in total. The second-order valence-electron chi connectivity index (χ2n) is 6.14. The van der Waals surface area contributed by atoms with Crippen LogP contribution in [0.25, 0.3) is 0 Å². The summed E-state index contributed by atoms with van der Waals surface area (Å²) >= 11 is 0. The summed E-state index contributed by atoms with van der Waals surface area (Å²) in [6.07, 6.45) is 0.786. The topological polar surface area (TPSA) is 73.3 Å². The van der Waals surface area contributed by atoms with E-state index in [2.05, 4.69) is 20.4 Å². The molecule has 2 aromatic rings. The molecule has 1 aliphatic heterocycles. The lowest BCUT2D eigenvalue weighted by atomic mass is 10.1. The number of benzene rings is 2. The summed E-state index contributed by atoms with van der Waals surface area (Å²) in [6.45, 7) is -2.01. The van der Waals surface area contributed by atoms with Crippen LogP contribution in [0.4, 0.5) is 8.78 Å². The fourth-order valence-electron chi connectivity index (χ4n) is 2.83. The summed E-state index contributed by atoms with van der Waals surface area (Å²) in [6, 6.07) is 10.8. The van der Waals surface area contributed by atoms with Crippen LogP contribution in [0.5, 0.6) is 23.0 Å². The summed E-state index contributed by atoms with van der Waals surface area (Å²) < 4.78 is 45.8. The van der Waals surface area contributed by atoms with Crippen LogP contribution in [-0.4, -0.2) is 40.1 Å². The van der Waals surface area contributed by atoms with Crippen molar-refractivity contribution < 1.29 is 27.7 Å². The molecule has 0 radical (unpaired) electrons. The zero-order valence-corrected chi connectivity index (χ0v) is 18.9. The second-order valence-corrected chi connectivity index (χ2v) is 6.14. The molecule has 3 rings (SSSR count). The number of alkyl halides is 2. The van der Waals surface area contributed by atoms with Gasteiger partial charge in [-0.05, 0) is 30.2 Å². The van der Waals surface area contributed by atoms with Crippen molar-refractivity contribution in [3.8, 4) is 23.0 Å². The summed E-state index contributed by atoms with van der Waals surface area (Å²) in [4.78, 5) is 4.15. The number of rotatable bonds is 8. The Hall–Kier alpha value is -2.50. The summed E-state index contributed by atoms with van der Waals surface area (Å²) in [5.74, 6) is 2.26. The van der Waals surface area contributed by atoms with Crippen LogP contribution in [0, 0.1) is 0 Å². The van der Waals surface area contributed by atoms with Crippen molar-refractivity contribution in [1.82, 2.24) is 10.6 Å². The van der Waals surface area contributed by atoms with E-state index in [-0.39, 0.29) is 43.1 Å². The van der Waals surface area contributed by atoms with Crippen LogP contribution >= 0.6 is 24.0 Å². The first-order chi connectivity index (χ1) is 14.1. The number of fused-ring (bicyclic) bond motifs is 1. The number of guanidine groups is 1. The van der Waals surface area contributed by atoms with E-state index >= 15 is 0 Å². The Morgan fingerprint density at radius 1 is 1.13 bits per heavy atom. The molecule has 0 spiro atoms. The van der Waals surface area contributed by atoms with Crippen molar-refractivity contribution in [3.05, 3.63) is 47.5 Å². The molecule has 1 heterocycles. The Labute approximate surface area is 190 Å². The number of halogens is 3. The maximum absolute atomic E-state index is 12.7. The fraction of sp³-hybridized carbons (Fsp3) is 0.350. The molecule has 0 atom stereocenters.